The molecule has 0 bridgehead atoms. The summed E-state index contributed by atoms with van der Waals surface area (Å²) in [6.07, 6.45) is 5.13. The Morgan fingerprint density at radius 1 is 1.25 bits per heavy atom. The standard InChI is InChI=1S/C18H26IN3O.HI/c1-2-20-18(21-13-14-7-8-14)22-11-9-15(10-12-22)23-17-6-4-3-5-16(17)19;/h3-6,14-15H,2,7-13H2,1H3,(H,20,21);1H. The molecule has 0 radical (unpaired) electrons. The summed E-state index contributed by atoms with van der Waals surface area (Å²) in [6, 6.07) is 8.25. The van der Waals surface area contributed by atoms with Gasteiger partial charge < -0.3 is 15.0 Å². The molecule has 1 saturated heterocycles. The highest BCUT2D eigenvalue weighted by atomic mass is 127. The number of para-hydroxylation sites is 1. The van der Waals surface area contributed by atoms with Crippen LogP contribution in [0.15, 0.2) is 29.3 Å². The maximum atomic E-state index is 6.19. The molecule has 1 heterocycles. The predicted octanol–water partition coefficient (Wildman–Crippen LogP) is 4.13. The van der Waals surface area contributed by atoms with Gasteiger partial charge in [0, 0.05) is 39.0 Å². The largest absolute Gasteiger partial charge is 0.489 e. The van der Waals surface area contributed by atoms with Crippen LogP contribution in [0.4, 0.5) is 0 Å². The predicted molar refractivity (Wildman–Crippen MR) is 118 cm³/mol. The van der Waals surface area contributed by atoms with Gasteiger partial charge in [-0.3, -0.25) is 4.99 Å². The lowest BCUT2D eigenvalue weighted by Crippen LogP contribution is -2.47. The molecule has 6 heteroatoms. The van der Waals surface area contributed by atoms with E-state index >= 15 is 0 Å². The van der Waals surface area contributed by atoms with Crippen molar-refractivity contribution in [3.8, 4) is 5.75 Å². The van der Waals surface area contributed by atoms with Crippen LogP contribution in [0, 0.1) is 9.49 Å². The van der Waals surface area contributed by atoms with Crippen molar-refractivity contribution < 1.29 is 4.74 Å². The van der Waals surface area contributed by atoms with Crippen LogP contribution in [-0.2, 0) is 0 Å². The molecule has 0 unspecified atom stereocenters. The van der Waals surface area contributed by atoms with Crippen LogP contribution >= 0.6 is 46.6 Å². The monoisotopic (exact) mass is 555 g/mol. The van der Waals surface area contributed by atoms with Gasteiger partial charge in [-0.05, 0) is 60.4 Å². The molecule has 0 aromatic heterocycles. The highest BCUT2D eigenvalue weighted by Gasteiger charge is 2.25. The number of halogens is 2. The minimum atomic E-state index is 0. The van der Waals surface area contributed by atoms with E-state index in [1.807, 2.05) is 6.07 Å². The topological polar surface area (TPSA) is 36.9 Å². The number of nitrogens with zero attached hydrogens (tertiary/aromatic N) is 2. The van der Waals surface area contributed by atoms with Crippen LogP contribution in [-0.4, -0.2) is 43.1 Å². The maximum absolute atomic E-state index is 6.19. The van der Waals surface area contributed by atoms with E-state index in [2.05, 4.69) is 57.9 Å². The average Bonchev–Trinajstić information content (AvgIpc) is 3.39. The van der Waals surface area contributed by atoms with Gasteiger partial charge in [-0.15, -0.1) is 24.0 Å². The molecule has 3 rings (SSSR count). The van der Waals surface area contributed by atoms with Crippen LogP contribution in [0.5, 0.6) is 5.75 Å². The summed E-state index contributed by atoms with van der Waals surface area (Å²) in [5, 5.41) is 3.44. The highest BCUT2D eigenvalue weighted by Crippen LogP contribution is 2.29. The number of hydrogen-bond acceptors (Lipinski definition) is 2. The van der Waals surface area contributed by atoms with Crippen molar-refractivity contribution in [2.45, 2.75) is 38.7 Å². The first-order valence-corrected chi connectivity index (χ1v) is 9.78. The number of guanidine groups is 1. The van der Waals surface area contributed by atoms with E-state index in [4.69, 9.17) is 9.73 Å². The molecule has 1 saturated carbocycles. The van der Waals surface area contributed by atoms with Gasteiger partial charge in [-0.2, -0.15) is 0 Å². The minimum absolute atomic E-state index is 0. The molecule has 134 valence electrons. The molecule has 0 amide bonds. The number of rotatable bonds is 5. The summed E-state index contributed by atoms with van der Waals surface area (Å²) in [5.74, 6) is 2.94. The second-order valence-electron chi connectivity index (χ2n) is 6.37. The van der Waals surface area contributed by atoms with E-state index in [0.717, 1.165) is 56.6 Å². The quantitative estimate of drug-likeness (QED) is 0.338. The SMILES string of the molecule is CCNC(=NCC1CC1)N1CCC(Oc2ccccc2I)CC1.I. The van der Waals surface area contributed by atoms with E-state index in [9.17, 15) is 0 Å². The molecule has 1 aromatic carbocycles. The minimum Gasteiger partial charge on any atom is -0.489 e. The third-order valence-electron chi connectivity index (χ3n) is 4.40. The third-order valence-corrected chi connectivity index (χ3v) is 5.29. The van der Waals surface area contributed by atoms with Crippen molar-refractivity contribution in [3.05, 3.63) is 27.8 Å². The molecule has 1 aliphatic carbocycles. The molecule has 1 aliphatic heterocycles. The lowest BCUT2D eigenvalue weighted by Gasteiger charge is -2.34. The van der Waals surface area contributed by atoms with Crippen molar-refractivity contribution in [2.75, 3.05) is 26.2 Å². The average molecular weight is 555 g/mol. The Morgan fingerprint density at radius 3 is 2.58 bits per heavy atom. The van der Waals surface area contributed by atoms with Gasteiger partial charge in [-0.1, -0.05) is 12.1 Å². The summed E-state index contributed by atoms with van der Waals surface area (Å²) in [6.45, 7) is 6.10. The zero-order valence-corrected chi connectivity index (χ0v) is 18.7. The molecule has 0 spiro atoms. The molecule has 1 N–H and O–H groups in total. The number of aliphatic imine (C=N–C) groups is 1. The Balaban J connectivity index is 0.00000208. The molecular formula is C18H27I2N3O. The zero-order chi connectivity index (χ0) is 16.1. The molecular weight excluding hydrogens is 528 g/mol. The number of likely N-dealkylation sites (tertiary alicyclic amines) is 1. The first-order chi connectivity index (χ1) is 11.3. The van der Waals surface area contributed by atoms with Crippen molar-refractivity contribution in [1.29, 1.82) is 0 Å². The Bertz CT molecular complexity index is 541. The molecule has 4 nitrogen and oxygen atoms in total. The highest BCUT2D eigenvalue weighted by molar-refractivity contribution is 14.1. The Kier molecular flexibility index (Phi) is 8.39. The summed E-state index contributed by atoms with van der Waals surface area (Å²) in [4.78, 5) is 7.20. The zero-order valence-electron chi connectivity index (χ0n) is 14.2. The van der Waals surface area contributed by atoms with E-state index < -0.39 is 0 Å². The van der Waals surface area contributed by atoms with E-state index in [0.29, 0.717) is 6.10 Å². The number of ether oxygens (including phenoxy) is 1. The van der Waals surface area contributed by atoms with Crippen LogP contribution in [0.1, 0.15) is 32.6 Å². The molecule has 1 aromatic rings. The van der Waals surface area contributed by atoms with Gasteiger partial charge in [0.15, 0.2) is 5.96 Å². The summed E-state index contributed by atoms with van der Waals surface area (Å²) in [7, 11) is 0. The summed E-state index contributed by atoms with van der Waals surface area (Å²) in [5.41, 5.74) is 0. The summed E-state index contributed by atoms with van der Waals surface area (Å²) < 4.78 is 7.37. The Labute approximate surface area is 176 Å². The molecule has 2 fully saturated rings. The maximum Gasteiger partial charge on any atom is 0.193 e. The molecule has 0 atom stereocenters. The van der Waals surface area contributed by atoms with Crippen molar-refractivity contribution >= 4 is 52.5 Å². The normalized spacial score (nSPS) is 18.9. The van der Waals surface area contributed by atoms with Crippen LogP contribution < -0.4 is 10.1 Å². The number of hydrogen-bond donors (Lipinski definition) is 1. The fraction of sp³-hybridized carbons (Fsp3) is 0.611. The van der Waals surface area contributed by atoms with E-state index in [1.165, 1.54) is 16.4 Å². The van der Waals surface area contributed by atoms with Gasteiger partial charge in [0.05, 0.1) is 3.57 Å². The van der Waals surface area contributed by atoms with Gasteiger partial charge in [-0.25, -0.2) is 0 Å². The van der Waals surface area contributed by atoms with Crippen LogP contribution in [0.2, 0.25) is 0 Å². The van der Waals surface area contributed by atoms with Gasteiger partial charge in [0.1, 0.15) is 11.9 Å². The second-order valence-corrected chi connectivity index (χ2v) is 7.53. The number of benzene rings is 1. The smallest absolute Gasteiger partial charge is 0.193 e. The number of piperidine rings is 1. The molecule has 2 aliphatic rings. The van der Waals surface area contributed by atoms with Crippen LogP contribution in [0.25, 0.3) is 0 Å². The van der Waals surface area contributed by atoms with Gasteiger partial charge >= 0.3 is 0 Å². The summed E-state index contributed by atoms with van der Waals surface area (Å²) >= 11 is 2.34. The van der Waals surface area contributed by atoms with Crippen molar-refractivity contribution in [1.82, 2.24) is 10.2 Å². The first-order valence-electron chi connectivity index (χ1n) is 8.70. The van der Waals surface area contributed by atoms with E-state index in [1.54, 1.807) is 0 Å². The van der Waals surface area contributed by atoms with Crippen molar-refractivity contribution in [2.24, 2.45) is 10.9 Å². The lowest BCUT2D eigenvalue weighted by molar-refractivity contribution is 0.128. The fourth-order valence-corrected chi connectivity index (χ4v) is 3.36. The van der Waals surface area contributed by atoms with Crippen LogP contribution in [0.3, 0.4) is 0 Å². The second kappa shape index (κ2) is 10.0. The van der Waals surface area contributed by atoms with Gasteiger partial charge in [0.2, 0.25) is 0 Å². The fourth-order valence-electron chi connectivity index (χ4n) is 2.85. The number of nitrogens with one attached hydrogen (secondary N) is 1. The lowest BCUT2D eigenvalue weighted by atomic mass is 10.1. The Morgan fingerprint density at radius 2 is 1.96 bits per heavy atom. The van der Waals surface area contributed by atoms with E-state index in [-0.39, 0.29) is 24.0 Å². The van der Waals surface area contributed by atoms with Gasteiger partial charge in [0.25, 0.3) is 0 Å². The first kappa shape index (κ1) is 20.1. The Hall–Kier alpha value is -0.250. The van der Waals surface area contributed by atoms with Crippen molar-refractivity contribution in [3.63, 3.8) is 0 Å². The third kappa shape index (κ3) is 5.93. The molecule has 24 heavy (non-hydrogen) atoms.